The fourth-order valence-corrected chi connectivity index (χ4v) is 0.944. The van der Waals surface area contributed by atoms with Gasteiger partial charge in [0.2, 0.25) is 0 Å². The number of nitriles is 1. The zero-order valence-corrected chi connectivity index (χ0v) is 7.79. The first-order valence-corrected chi connectivity index (χ1v) is 4.10. The molecule has 0 saturated carbocycles. The second-order valence-corrected chi connectivity index (χ2v) is 2.57. The van der Waals surface area contributed by atoms with E-state index in [0.29, 0.717) is 6.61 Å². The third-order valence-corrected chi connectivity index (χ3v) is 1.63. The molecule has 0 aromatic heterocycles. The maximum Gasteiger partial charge on any atom is 0.182 e. The van der Waals surface area contributed by atoms with Gasteiger partial charge in [-0.3, -0.25) is 0 Å². The van der Waals surface area contributed by atoms with E-state index in [4.69, 9.17) is 14.7 Å². The molecule has 0 unspecified atom stereocenters. The molecular weight excluding hydrogens is 185 g/mol. The van der Waals surface area contributed by atoms with Crippen LogP contribution in [0.3, 0.4) is 0 Å². The summed E-state index contributed by atoms with van der Waals surface area (Å²) >= 11 is 0. The van der Waals surface area contributed by atoms with Crippen molar-refractivity contribution in [2.45, 2.75) is 0 Å². The number of methoxy groups -OCH3 is 1. The van der Waals surface area contributed by atoms with Crippen LogP contribution in [0.1, 0.15) is 5.56 Å². The summed E-state index contributed by atoms with van der Waals surface area (Å²) < 4.78 is 23.1. The van der Waals surface area contributed by atoms with Crippen LogP contribution in [0.15, 0.2) is 18.2 Å². The number of benzene rings is 1. The van der Waals surface area contributed by atoms with Crippen molar-refractivity contribution in [1.82, 2.24) is 0 Å². The third kappa shape index (κ3) is 2.44. The van der Waals surface area contributed by atoms with Crippen molar-refractivity contribution in [3.05, 3.63) is 29.6 Å². The summed E-state index contributed by atoms with van der Waals surface area (Å²) in [4.78, 5) is 0. The van der Waals surface area contributed by atoms with Crippen LogP contribution in [-0.4, -0.2) is 20.3 Å². The second kappa shape index (κ2) is 5.20. The highest BCUT2D eigenvalue weighted by Crippen LogP contribution is 2.19. The van der Waals surface area contributed by atoms with Crippen molar-refractivity contribution in [3.8, 4) is 11.8 Å². The minimum absolute atomic E-state index is 0.0140. The highest BCUT2D eigenvalue weighted by molar-refractivity contribution is 5.38. The summed E-state index contributed by atoms with van der Waals surface area (Å²) in [6.07, 6.45) is 0. The Labute approximate surface area is 81.7 Å². The Hall–Kier alpha value is -1.60. The van der Waals surface area contributed by atoms with Gasteiger partial charge < -0.3 is 9.47 Å². The molecule has 0 aliphatic carbocycles. The van der Waals surface area contributed by atoms with E-state index in [1.54, 1.807) is 12.1 Å². The van der Waals surface area contributed by atoms with E-state index in [1.165, 1.54) is 19.2 Å². The van der Waals surface area contributed by atoms with E-state index < -0.39 is 5.82 Å². The number of hydrogen-bond acceptors (Lipinski definition) is 3. The number of nitrogens with zero attached hydrogens (tertiary/aromatic N) is 1. The van der Waals surface area contributed by atoms with Gasteiger partial charge in [0.15, 0.2) is 11.6 Å². The van der Waals surface area contributed by atoms with Gasteiger partial charge in [-0.25, -0.2) is 4.39 Å². The van der Waals surface area contributed by atoms with E-state index in [-0.39, 0.29) is 17.9 Å². The van der Waals surface area contributed by atoms with Gasteiger partial charge in [-0.2, -0.15) is 5.26 Å². The standard InChI is InChI=1S/C10H10FNO2/c1-13-5-6-14-9-4-2-3-8(7-12)10(9)11/h2-4H,5-6H2,1H3. The van der Waals surface area contributed by atoms with Crippen molar-refractivity contribution in [2.24, 2.45) is 0 Å². The van der Waals surface area contributed by atoms with Crippen molar-refractivity contribution in [3.63, 3.8) is 0 Å². The van der Waals surface area contributed by atoms with Crippen LogP contribution in [-0.2, 0) is 4.74 Å². The van der Waals surface area contributed by atoms with Gasteiger partial charge in [-0.05, 0) is 12.1 Å². The quantitative estimate of drug-likeness (QED) is 0.687. The molecular formula is C10H10FNO2. The van der Waals surface area contributed by atoms with Crippen LogP contribution >= 0.6 is 0 Å². The molecule has 0 radical (unpaired) electrons. The Morgan fingerprint density at radius 2 is 2.21 bits per heavy atom. The van der Waals surface area contributed by atoms with Gasteiger partial charge in [0.25, 0.3) is 0 Å². The summed E-state index contributed by atoms with van der Waals surface area (Å²) in [5.41, 5.74) is -0.0140. The molecule has 0 aliphatic rings. The number of ether oxygens (including phenoxy) is 2. The molecule has 0 atom stereocenters. The van der Waals surface area contributed by atoms with E-state index in [1.807, 2.05) is 0 Å². The lowest BCUT2D eigenvalue weighted by Gasteiger charge is -2.06. The zero-order valence-electron chi connectivity index (χ0n) is 7.79. The maximum absolute atomic E-state index is 13.3. The molecule has 0 heterocycles. The SMILES string of the molecule is COCCOc1cccc(C#N)c1F. The first-order valence-electron chi connectivity index (χ1n) is 4.10. The highest BCUT2D eigenvalue weighted by Gasteiger charge is 2.07. The number of rotatable bonds is 4. The van der Waals surface area contributed by atoms with Crippen molar-refractivity contribution in [2.75, 3.05) is 20.3 Å². The summed E-state index contributed by atoms with van der Waals surface area (Å²) in [5, 5.41) is 8.54. The first-order chi connectivity index (χ1) is 6.79. The Morgan fingerprint density at radius 1 is 1.43 bits per heavy atom. The molecule has 0 N–H and O–H groups in total. The van der Waals surface area contributed by atoms with Crippen LogP contribution in [0.25, 0.3) is 0 Å². The summed E-state index contributed by atoms with van der Waals surface area (Å²) in [7, 11) is 1.53. The molecule has 4 heteroatoms. The normalized spacial score (nSPS) is 9.50. The molecule has 1 aromatic rings. The van der Waals surface area contributed by atoms with E-state index in [2.05, 4.69) is 0 Å². The molecule has 0 bridgehead atoms. The number of halogens is 1. The van der Waals surface area contributed by atoms with Gasteiger partial charge >= 0.3 is 0 Å². The third-order valence-electron chi connectivity index (χ3n) is 1.63. The van der Waals surface area contributed by atoms with Crippen LogP contribution in [0, 0.1) is 17.1 Å². The molecule has 0 aliphatic heterocycles. The Balaban J connectivity index is 2.73. The largest absolute Gasteiger partial charge is 0.488 e. The first kappa shape index (κ1) is 10.5. The molecule has 74 valence electrons. The molecule has 0 spiro atoms. The second-order valence-electron chi connectivity index (χ2n) is 2.57. The van der Waals surface area contributed by atoms with Gasteiger partial charge in [-0.1, -0.05) is 6.07 Å². The van der Waals surface area contributed by atoms with Gasteiger partial charge in [0.1, 0.15) is 12.7 Å². The summed E-state index contributed by atoms with van der Waals surface area (Å²) in [6.45, 7) is 0.651. The van der Waals surface area contributed by atoms with Gasteiger partial charge in [0, 0.05) is 7.11 Å². The Bertz CT molecular complexity index is 346. The predicted octanol–water partition coefficient (Wildman–Crippen LogP) is 1.72. The maximum atomic E-state index is 13.3. The highest BCUT2D eigenvalue weighted by atomic mass is 19.1. The van der Waals surface area contributed by atoms with E-state index in [9.17, 15) is 4.39 Å². The molecule has 1 rings (SSSR count). The molecule has 0 fully saturated rings. The van der Waals surface area contributed by atoms with Gasteiger partial charge in [0.05, 0.1) is 12.2 Å². The van der Waals surface area contributed by atoms with Gasteiger partial charge in [-0.15, -0.1) is 0 Å². The van der Waals surface area contributed by atoms with Crippen molar-refractivity contribution in [1.29, 1.82) is 5.26 Å². The molecule has 14 heavy (non-hydrogen) atoms. The van der Waals surface area contributed by atoms with Crippen LogP contribution in [0.2, 0.25) is 0 Å². The molecule has 0 amide bonds. The fourth-order valence-electron chi connectivity index (χ4n) is 0.944. The Morgan fingerprint density at radius 3 is 2.86 bits per heavy atom. The lowest BCUT2D eigenvalue weighted by molar-refractivity contribution is 0.144. The zero-order chi connectivity index (χ0) is 10.4. The van der Waals surface area contributed by atoms with Crippen LogP contribution in [0.4, 0.5) is 4.39 Å². The van der Waals surface area contributed by atoms with E-state index in [0.717, 1.165) is 0 Å². The molecule has 1 aromatic carbocycles. The molecule has 0 saturated heterocycles. The van der Waals surface area contributed by atoms with Crippen LogP contribution < -0.4 is 4.74 Å². The molecule has 3 nitrogen and oxygen atoms in total. The van der Waals surface area contributed by atoms with E-state index >= 15 is 0 Å². The number of hydrogen-bond donors (Lipinski definition) is 0. The minimum atomic E-state index is -0.619. The van der Waals surface area contributed by atoms with Crippen molar-refractivity contribution < 1.29 is 13.9 Å². The predicted molar refractivity (Wildman–Crippen MR) is 48.5 cm³/mol. The smallest absolute Gasteiger partial charge is 0.182 e. The summed E-state index contributed by atoms with van der Waals surface area (Å²) in [6, 6.07) is 6.19. The lowest BCUT2D eigenvalue weighted by Crippen LogP contribution is -2.05. The summed E-state index contributed by atoms with van der Waals surface area (Å²) in [5.74, 6) is -0.535. The topological polar surface area (TPSA) is 42.2 Å². The average Bonchev–Trinajstić information content (AvgIpc) is 2.21. The minimum Gasteiger partial charge on any atom is -0.488 e. The average molecular weight is 195 g/mol. The van der Waals surface area contributed by atoms with Crippen molar-refractivity contribution >= 4 is 0 Å². The Kier molecular flexibility index (Phi) is 3.89. The lowest BCUT2D eigenvalue weighted by atomic mass is 10.2. The fraction of sp³-hybridized carbons (Fsp3) is 0.300. The monoisotopic (exact) mass is 195 g/mol. The van der Waals surface area contributed by atoms with Crippen LogP contribution in [0.5, 0.6) is 5.75 Å².